The molecule has 0 fully saturated rings. The Morgan fingerprint density at radius 1 is 0.900 bits per heavy atom. The van der Waals surface area contributed by atoms with E-state index < -0.39 is 24.7 Å². The Balaban J connectivity index is 1.81. The second-order valence-electron chi connectivity index (χ2n) is 7.27. The summed E-state index contributed by atoms with van der Waals surface area (Å²) < 4.78 is 10.3. The zero-order chi connectivity index (χ0) is 21.9. The van der Waals surface area contributed by atoms with E-state index in [2.05, 4.69) is 5.32 Å². The molecule has 7 nitrogen and oxygen atoms in total. The van der Waals surface area contributed by atoms with Crippen molar-refractivity contribution in [2.24, 2.45) is 5.92 Å². The molecule has 0 aliphatic heterocycles. The zero-order valence-electron chi connectivity index (χ0n) is 17.5. The average Bonchev–Trinajstić information content (AvgIpc) is 2.75. The zero-order valence-corrected chi connectivity index (χ0v) is 17.5. The Morgan fingerprint density at radius 3 is 2.03 bits per heavy atom. The summed E-state index contributed by atoms with van der Waals surface area (Å²) in [5.41, 5.74) is 1.81. The molecule has 7 heteroatoms. The highest BCUT2D eigenvalue weighted by Crippen LogP contribution is 2.07. The smallest absolute Gasteiger partial charge is 0.408 e. The molecule has 30 heavy (non-hydrogen) atoms. The molecule has 2 aromatic rings. The Morgan fingerprint density at radius 2 is 1.47 bits per heavy atom. The van der Waals surface area contributed by atoms with Crippen LogP contribution >= 0.6 is 0 Å². The number of carbonyl (C=O) groups is 3. The Kier molecular flexibility index (Phi) is 8.87. The van der Waals surface area contributed by atoms with E-state index in [-0.39, 0.29) is 18.4 Å². The van der Waals surface area contributed by atoms with Crippen LogP contribution in [0, 0.1) is 5.92 Å². The van der Waals surface area contributed by atoms with Crippen molar-refractivity contribution in [1.29, 1.82) is 0 Å². The predicted octanol–water partition coefficient (Wildman–Crippen LogP) is 3.14. The van der Waals surface area contributed by atoms with Crippen molar-refractivity contribution < 1.29 is 23.9 Å². The maximum atomic E-state index is 12.4. The van der Waals surface area contributed by atoms with Gasteiger partial charge in [0.2, 0.25) is 0 Å². The van der Waals surface area contributed by atoms with Crippen molar-refractivity contribution in [2.75, 3.05) is 13.7 Å². The van der Waals surface area contributed by atoms with Crippen LogP contribution in [-0.2, 0) is 32.2 Å². The van der Waals surface area contributed by atoms with E-state index in [4.69, 9.17) is 9.47 Å². The van der Waals surface area contributed by atoms with Gasteiger partial charge in [-0.15, -0.1) is 0 Å². The van der Waals surface area contributed by atoms with Gasteiger partial charge in [-0.2, -0.15) is 0 Å². The van der Waals surface area contributed by atoms with Crippen LogP contribution in [0.4, 0.5) is 4.79 Å². The largest absolute Gasteiger partial charge is 0.454 e. The van der Waals surface area contributed by atoms with Crippen LogP contribution in [0.2, 0.25) is 0 Å². The minimum absolute atomic E-state index is 0.0926. The maximum Gasteiger partial charge on any atom is 0.408 e. The maximum absolute atomic E-state index is 12.4. The average molecular weight is 412 g/mol. The number of amides is 2. The molecular weight excluding hydrogens is 384 g/mol. The molecule has 0 aromatic heterocycles. The van der Waals surface area contributed by atoms with E-state index in [9.17, 15) is 14.4 Å². The lowest BCUT2D eigenvalue weighted by atomic mass is 10.1. The van der Waals surface area contributed by atoms with Gasteiger partial charge in [-0.3, -0.25) is 4.79 Å². The molecule has 2 rings (SSSR count). The van der Waals surface area contributed by atoms with Gasteiger partial charge >= 0.3 is 12.1 Å². The van der Waals surface area contributed by atoms with Gasteiger partial charge < -0.3 is 19.7 Å². The van der Waals surface area contributed by atoms with Crippen LogP contribution in [0.1, 0.15) is 25.0 Å². The SMILES string of the molecule is CC(C)C(NC(=O)OCc1ccccc1)C(=O)OCC(=O)N(C)Cc1ccccc1. The normalized spacial score (nSPS) is 11.5. The Labute approximate surface area is 177 Å². The summed E-state index contributed by atoms with van der Waals surface area (Å²) in [6.07, 6.45) is -0.720. The summed E-state index contributed by atoms with van der Waals surface area (Å²) in [5, 5.41) is 2.52. The van der Waals surface area contributed by atoms with Gasteiger partial charge in [-0.05, 0) is 17.0 Å². The fourth-order valence-electron chi connectivity index (χ4n) is 2.67. The highest BCUT2D eigenvalue weighted by Gasteiger charge is 2.27. The summed E-state index contributed by atoms with van der Waals surface area (Å²) in [5.74, 6) is -1.25. The standard InChI is InChI=1S/C23H28N2O5/c1-17(2)21(24-23(28)30-15-19-12-8-5-9-13-19)22(27)29-16-20(26)25(3)14-18-10-6-4-7-11-18/h4-13,17,21H,14-16H2,1-3H3,(H,24,28). The van der Waals surface area contributed by atoms with Crippen LogP contribution in [-0.4, -0.2) is 42.6 Å². The van der Waals surface area contributed by atoms with Gasteiger partial charge in [-0.25, -0.2) is 9.59 Å². The summed E-state index contributed by atoms with van der Waals surface area (Å²) in [6.45, 7) is 3.65. The van der Waals surface area contributed by atoms with Crippen molar-refractivity contribution in [3.63, 3.8) is 0 Å². The number of benzene rings is 2. The van der Waals surface area contributed by atoms with Crippen molar-refractivity contribution in [2.45, 2.75) is 33.0 Å². The van der Waals surface area contributed by atoms with Crippen LogP contribution in [0.5, 0.6) is 0 Å². The van der Waals surface area contributed by atoms with E-state index in [1.807, 2.05) is 60.7 Å². The molecule has 2 aromatic carbocycles. The first-order valence-electron chi connectivity index (χ1n) is 9.78. The van der Waals surface area contributed by atoms with E-state index in [0.717, 1.165) is 11.1 Å². The molecule has 0 aliphatic rings. The lowest BCUT2D eigenvalue weighted by Crippen LogP contribution is -2.46. The minimum atomic E-state index is -0.916. The predicted molar refractivity (Wildman–Crippen MR) is 112 cm³/mol. The first-order valence-corrected chi connectivity index (χ1v) is 9.78. The Hall–Kier alpha value is -3.35. The van der Waals surface area contributed by atoms with E-state index in [0.29, 0.717) is 6.54 Å². The highest BCUT2D eigenvalue weighted by molar-refractivity contribution is 5.84. The van der Waals surface area contributed by atoms with Crippen molar-refractivity contribution in [1.82, 2.24) is 10.2 Å². The molecule has 0 spiro atoms. The van der Waals surface area contributed by atoms with E-state index in [1.54, 1.807) is 20.9 Å². The van der Waals surface area contributed by atoms with Gasteiger partial charge in [0.25, 0.3) is 5.91 Å². The third kappa shape index (κ3) is 7.58. The lowest BCUT2D eigenvalue weighted by molar-refractivity contribution is -0.154. The number of nitrogens with zero attached hydrogens (tertiary/aromatic N) is 1. The van der Waals surface area contributed by atoms with E-state index in [1.165, 1.54) is 4.90 Å². The molecule has 0 radical (unpaired) electrons. The number of hydrogen-bond donors (Lipinski definition) is 1. The molecule has 0 heterocycles. The number of esters is 1. The molecule has 0 saturated carbocycles. The number of ether oxygens (including phenoxy) is 2. The van der Waals surface area contributed by atoms with Gasteiger partial charge in [0.05, 0.1) is 0 Å². The molecule has 1 N–H and O–H groups in total. The number of likely N-dealkylation sites (N-methyl/N-ethyl adjacent to an activating group) is 1. The van der Waals surface area contributed by atoms with Gasteiger partial charge in [0, 0.05) is 13.6 Å². The molecule has 2 amide bonds. The molecule has 0 bridgehead atoms. The van der Waals surface area contributed by atoms with Gasteiger partial charge in [-0.1, -0.05) is 74.5 Å². The van der Waals surface area contributed by atoms with E-state index >= 15 is 0 Å². The lowest BCUT2D eigenvalue weighted by Gasteiger charge is -2.22. The molecule has 160 valence electrons. The number of nitrogens with one attached hydrogen (secondary N) is 1. The van der Waals surface area contributed by atoms with Crippen LogP contribution in [0.25, 0.3) is 0 Å². The molecule has 0 aliphatic carbocycles. The quantitative estimate of drug-likeness (QED) is 0.640. The second kappa shape index (κ2) is 11.6. The summed E-state index contributed by atoms with van der Waals surface area (Å²) in [6, 6.07) is 17.8. The van der Waals surface area contributed by atoms with Gasteiger partial charge in [0.15, 0.2) is 6.61 Å². The molecule has 1 unspecified atom stereocenters. The molecule has 0 saturated heterocycles. The van der Waals surface area contributed by atoms with Crippen molar-refractivity contribution in [3.8, 4) is 0 Å². The van der Waals surface area contributed by atoms with Crippen LogP contribution < -0.4 is 5.32 Å². The summed E-state index contributed by atoms with van der Waals surface area (Å²) in [4.78, 5) is 38.2. The number of alkyl carbamates (subject to hydrolysis) is 1. The second-order valence-corrected chi connectivity index (χ2v) is 7.27. The first kappa shape index (κ1) is 22.9. The summed E-state index contributed by atoms with van der Waals surface area (Å²) >= 11 is 0. The number of hydrogen-bond acceptors (Lipinski definition) is 5. The molecule has 1 atom stereocenters. The van der Waals surface area contributed by atoms with Crippen LogP contribution in [0.3, 0.4) is 0 Å². The number of rotatable bonds is 9. The summed E-state index contributed by atoms with van der Waals surface area (Å²) in [7, 11) is 1.64. The van der Waals surface area contributed by atoms with Crippen LogP contribution in [0.15, 0.2) is 60.7 Å². The Bertz CT molecular complexity index is 824. The molecular formula is C23H28N2O5. The highest BCUT2D eigenvalue weighted by atomic mass is 16.6. The fraction of sp³-hybridized carbons (Fsp3) is 0.348. The van der Waals surface area contributed by atoms with Gasteiger partial charge in [0.1, 0.15) is 12.6 Å². The minimum Gasteiger partial charge on any atom is -0.454 e. The third-order valence-electron chi connectivity index (χ3n) is 4.43. The fourth-order valence-corrected chi connectivity index (χ4v) is 2.67. The third-order valence-corrected chi connectivity index (χ3v) is 4.43. The topological polar surface area (TPSA) is 84.9 Å². The van der Waals surface area contributed by atoms with Crippen molar-refractivity contribution in [3.05, 3.63) is 71.8 Å². The monoisotopic (exact) mass is 412 g/mol. The number of carbonyl (C=O) groups excluding carboxylic acids is 3. The van der Waals surface area contributed by atoms with Crippen molar-refractivity contribution >= 4 is 18.0 Å². The first-order chi connectivity index (χ1) is 14.4.